The lowest BCUT2D eigenvalue weighted by molar-refractivity contribution is -0.111. The molecule has 28 heavy (non-hydrogen) atoms. The molecule has 3 aromatic rings. The summed E-state index contributed by atoms with van der Waals surface area (Å²) in [6, 6.07) is 19.9. The number of hydrogen-bond acceptors (Lipinski definition) is 3. The number of amides is 1. The number of aromatic hydroxyl groups is 1. The number of carbonyl (C=O) groups is 1. The summed E-state index contributed by atoms with van der Waals surface area (Å²) in [4.78, 5) is 12.3. The van der Waals surface area contributed by atoms with Gasteiger partial charge in [-0.3, -0.25) is 4.79 Å². The number of anilines is 1. The van der Waals surface area contributed by atoms with Crippen LogP contribution in [0.25, 0.3) is 6.08 Å². The lowest BCUT2D eigenvalue weighted by Crippen LogP contribution is -2.10. The van der Waals surface area contributed by atoms with Crippen molar-refractivity contribution in [3.63, 3.8) is 0 Å². The first-order chi connectivity index (χ1) is 13.5. The second-order valence-electron chi connectivity index (χ2n) is 6.27. The van der Waals surface area contributed by atoms with Gasteiger partial charge >= 0.3 is 0 Å². The van der Waals surface area contributed by atoms with Crippen molar-refractivity contribution in [3.05, 3.63) is 94.5 Å². The van der Waals surface area contributed by atoms with E-state index in [9.17, 15) is 9.90 Å². The van der Waals surface area contributed by atoms with Crippen molar-refractivity contribution in [3.8, 4) is 11.5 Å². The minimum atomic E-state index is -0.268. The highest BCUT2D eigenvalue weighted by molar-refractivity contribution is 6.30. The zero-order valence-electron chi connectivity index (χ0n) is 15.4. The van der Waals surface area contributed by atoms with Crippen LogP contribution >= 0.6 is 11.6 Å². The van der Waals surface area contributed by atoms with Crippen LogP contribution in [0.4, 0.5) is 5.69 Å². The van der Waals surface area contributed by atoms with Gasteiger partial charge in [-0.1, -0.05) is 48.0 Å². The maximum atomic E-state index is 12.3. The van der Waals surface area contributed by atoms with Crippen LogP contribution in [-0.2, 0) is 11.4 Å². The first-order valence-corrected chi connectivity index (χ1v) is 9.14. The number of hydrogen-bond donors (Lipinski definition) is 2. The number of phenolic OH excluding ortho intramolecular Hbond substituents is 1. The summed E-state index contributed by atoms with van der Waals surface area (Å²) in [6.45, 7) is 2.12. The van der Waals surface area contributed by atoms with Gasteiger partial charge in [0, 0.05) is 22.3 Å². The predicted octanol–water partition coefficient (Wildman–Crippen LogP) is 5.58. The molecule has 0 atom stereocenters. The second-order valence-corrected chi connectivity index (χ2v) is 6.71. The van der Waals surface area contributed by atoms with Gasteiger partial charge < -0.3 is 15.2 Å². The fourth-order valence-corrected chi connectivity index (χ4v) is 2.74. The zero-order chi connectivity index (χ0) is 19.9. The Hall–Kier alpha value is -3.24. The van der Waals surface area contributed by atoms with Gasteiger partial charge in [0.25, 0.3) is 0 Å². The molecule has 5 heteroatoms. The third kappa shape index (κ3) is 5.38. The van der Waals surface area contributed by atoms with Crippen LogP contribution in [0.2, 0.25) is 5.02 Å². The molecule has 0 spiro atoms. The molecule has 0 heterocycles. The summed E-state index contributed by atoms with van der Waals surface area (Å²) in [5.74, 6) is 0.592. The van der Waals surface area contributed by atoms with Crippen LogP contribution in [0.15, 0.2) is 72.8 Å². The molecular formula is C23H20ClNO3. The number of halogens is 1. The highest BCUT2D eigenvalue weighted by atomic mass is 35.5. The topological polar surface area (TPSA) is 58.6 Å². The van der Waals surface area contributed by atoms with E-state index in [-0.39, 0.29) is 11.7 Å². The van der Waals surface area contributed by atoms with E-state index in [4.69, 9.17) is 16.3 Å². The SMILES string of the molecule is Cc1ccc(C=CC(=O)Nc2ccccc2COc2cccc(Cl)c2)cc1O. The zero-order valence-corrected chi connectivity index (χ0v) is 16.1. The Morgan fingerprint density at radius 3 is 2.71 bits per heavy atom. The molecule has 0 radical (unpaired) electrons. The molecule has 0 fully saturated rings. The Morgan fingerprint density at radius 2 is 1.93 bits per heavy atom. The molecule has 0 aliphatic carbocycles. The van der Waals surface area contributed by atoms with Gasteiger partial charge in [-0.25, -0.2) is 0 Å². The van der Waals surface area contributed by atoms with E-state index in [2.05, 4.69) is 5.32 Å². The Balaban J connectivity index is 1.65. The number of phenols is 1. The molecule has 142 valence electrons. The molecule has 1 amide bonds. The fourth-order valence-electron chi connectivity index (χ4n) is 2.56. The Bertz CT molecular complexity index is 1010. The van der Waals surface area contributed by atoms with Crippen LogP contribution < -0.4 is 10.1 Å². The molecular weight excluding hydrogens is 374 g/mol. The standard InChI is InChI=1S/C23H20ClNO3/c1-16-9-10-17(13-22(16)26)11-12-23(27)25-21-8-3-2-5-18(21)15-28-20-7-4-6-19(24)14-20/h2-14,26H,15H2,1H3,(H,25,27). The molecule has 3 aromatic carbocycles. The van der Waals surface area contributed by atoms with Crippen molar-refractivity contribution in [1.29, 1.82) is 0 Å². The molecule has 0 aliphatic rings. The van der Waals surface area contributed by atoms with Gasteiger partial charge in [0.1, 0.15) is 18.1 Å². The number of carbonyl (C=O) groups excluding carboxylic acids is 1. The van der Waals surface area contributed by atoms with E-state index in [0.717, 1.165) is 16.7 Å². The molecule has 0 unspecified atom stereocenters. The smallest absolute Gasteiger partial charge is 0.248 e. The number of benzene rings is 3. The summed E-state index contributed by atoms with van der Waals surface area (Å²) >= 11 is 5.97. The summed E-state index contributed by atoms with van der Waals surface area (Å²) < 4.78 is 5.77. The maximum absolute atomic E-state index is 12.3. The number of aryl methyl sites for hydroxylation is 1. The Kier molecular flexibility index (Phi) is 6.35. The molecule has 0 saturated carbocycles. The van der Waals surface area contributed by atoms with Crippen molar-refractivity contribution in [2.24, 2.45) is 0 Å². The van der Waals surface area contributed by atoms with E-state index in [1.165, 1.54) is 6.08 Å². The summed E-state index contributed by atoms with van der Waals surface area (Å²) in [6.07, 6.45) is 3.08. The van der Waals surface area contributed by atoms with Gasteiger partial charge in [-0.05, 0) is 54.5 Å². The molecule has 0 bridgehead atoms. The minimum absolute atomic E-state index is 0.200. The number of nitrogens with one attached hydrogen (secondary N) is 1. The molecule has 3 rings (SSSR count). The lowest BCUT2D eigenvalue weighted by Gasteiger charge is -2.11. The van der Waals surface area contributed by atoms with E-state index in [0.29, 0.717) is 23.1 Å². The van der Waals surface area contributed by atoms with Crippen molar-refractivity contribution in [1.82, 2.24) is 0 Å². The van der Waals surface area contributed by atoms with E-state index in [1.807, 2.05) is 49.4 Å². The monoisotopic (exact) mass is 393 g/mol. The summed E-state index contributed by atoms with van der Waals surface area (Å²) in [7, 11) is 0. The average molecular weight is 394 g/mol. The number of ether oxygens (including phenoxy) is 1. The van der Waals surface area contributed by atoms with Crippen LogP contribution in [0, 0.1) is 6.92 Å². The minimum Gasteiger partial charge on any atom is -0.508 e. The normalized spacial score (nSPS) is 10.8. The fraction of sp³-hybridized carbons (Fsp3) is 0.0870. The Labute approximate surface area is 169 Å². The molecule has 2 N–H and O–H groups in total. The van der Waals surface area contributed by atoms with Crippen molar-refractivity contribution in [2.45, 2.75) is 13.5 Å². The van der Waals surface area contributed by atoms with Gasteiger partial charge in [-0.15, -0.1) is 0 Å². The first kappa shape index (κ1) is 19.5. The largest absolute Gasteiger partial charge is 0.508 e. The van der Waals surface area contributed by atoms with Crippen molar-refractivity contribution >= 4 is 29.3 Å². The van der Waals surface area contributed by atoms with Crippen LogP contribution in [-0.4, -0.2) is 11.0 Å². The molecule has 0 saturated heterocycles. The average Bonchev–Trinajstić information content (AvgIpc) is 2.68. The lowest BCUT2D eigenvalue weighted by atomic mass is 10.1. The first-order valence-electron chi connectivity index (χ1n) is 8.76. The summed E-state index contributed by atoms with van der Waals surface area (Å²) in [5, 5.41) is 13.2. The van der Waals surface area contributed by atoms with Gasteiger partial charge in [0.2, 0.25) is 5.91 Å². The summed E-state index contributed by atoms with van der Waals surface area (Å²) in [5.41, 5.74) is 3.05. The third-order valence-electron chi connectivity index (χ3n) is 4.13. The molecule has 4 nitrogen and oxygen atoms in total. The van der Waals surface area contributed by atoms with Crippen LogP contribution in [0.1, 0.15) is 16.7 Å². The highest BCUT2D eigenvalue weighted by Gasteiger charge is 2.06. The second kappa shape index (κ2) is 9.11. The Morgan fingerprint density at radius 1 is 1.11 bits per heavy atom. The van der Waals surface area contributed by atoms with E-state index < -0.39 is 0 Å². The highest BCUT2D eigenvalue weighted by Crippen LogP contribution is 2.22. The third-order valence-corrected chi connectivity index (χ3v) is 4.36. The van der Waals surface area contributed by atoms with E-state index >= 15 is 0 Å². The number of para-hydroxylation sites is 1. The molecule has 0 aliphatic heterocycles. The van der Waals surface area contributed by atoms with Crippen LogP contribution in [0.5, 0.6) is 11.5 Å². The van der Waals surface area contributed by atoms with Crippen LogP contribution in [0.3, 0.4) is 0 Å². The predicted molar refractivity (Wildman–Crippen MR) is 113 cm³/mol. The maximum Gasteiger partial charge on any atom is 0.248 e. The quantitative estimate of drug-likeness (QED) is 0.537. The molecule has 0 aromatic heterocycles. The van der Waals surface area contributed by atoms with Gasteiger partial charge in [-0.2, -0.15) is 0 Å². The number of rotatable bonds is 6. The van der Waals surface area contributed by atoms with Gasteiger partial charge in [0.05, 0.1) is 0 Å². The van der Waals surface area contributed by atoms with Crippen molar-refractivity contribution < 1.29 is 14.6 Å². The van der Waals surface area contributed by atoms with Gasteiger partial charge in [0.15, 0.2) is 0 Å². The van der Waals surface area contributed by atoms with Crippen molar-refractivity contribution in [2.75, 3.05) is 5.32 Å². The van der Waals surface area contributed by atoms with E-state index in [1.54, 1.807) is 30.3 Å².